The molecular weight excluding hydrogens is 320 g/mol. The highest BCUT2D eigenvalue weighted by atomic mass is 16.5. The molecule has 2 aromatic carbocycles. The van der Waals surface area contributed by atoms with Gasteiger partial charge in [-0.05, 0) is 23.8 Å². The van der Waals surface area contributed by atoms with E-state index in [0.29, 0.717) is 12.1 Å². The zero-order chi connectivity index (χ0) is 17.6. The zero-order valence-corrected chi connectivity index (χ0v) is 13.7. The minimum Gasteiger partial charge on any atom is -0.497 e. The number of hydrogen-bond donors (Lipinski definition) is 2. The molecule has 3 aromatic rings. The van der Waals surface area contributed by atoms with Crippen LogP contribution in [-0.2, 0) is 16.1 Å². The summed E-state index contributed by atoms with van der Waals surface area (Å²) in [5.74, 6) is -0.178. The maximum absolute atomic E-state index is 12.1. The molecule has 0 spiro atoms. The Hall–Kier alpha value is -3.28. The number of benzene rings is 2. The third-order valence-corrected chi connectivity index (χ3v) is 3.77. The van der Waals surface area contributed by atoms with Crippen LogP contribution in [0.5, 0.6) is 5.75 Å². The Kier molecular flexibility index (Phi) is 4.99. The van der Waals surface area contributed by atoms with Gasteiger partial charge in [-0.15, -0.1) is 0 Å². The zero-order valence-electron chi connectivity index (χ0n) is 13.7. The van der Waals surface area contributed by atoms with Crippen molar-refractivity contribution in [3.63, 3.8) is 0 Å². The molecule has 0 aliphatic carbocycles. The van der Waals surface area contributed by atoms with E-state index in [1.807, 2.05) is 48.5 Å². The maximum Gasteiger partial charge on any atom is 0.340 e. The van der Waals surface area contributed by atoms with Gasteiger partial charge in [-0.3, -0.25) is 4.79 Å². The highest BCUT2D eigenvalue weighted by Crippen LogP contribution is 2.18. The van der Waals surface area contributed by atoms with Crippen LogP contribution >= 0.6 is 0 Å². The second-order valence-electron chi connectivity index (χ2n) is 5.45. The molecule has 0 fully saturated rings. The topological polar surface area (TPSA) is 80.4 Å². The summed E-state index contributed by atoms with van der Waals surface area (Å²) in [5, 5.41) is 3.48. The predicted molar refractivity (Wildman–Crippen MR) is 93.4 cm³/mol. The average molecular weight is 338 g/mol. The third kappa shape index (κ3) is 3.98. The molecule has 6 heteroatoms. The number of aromatic amines is 1. The lowest BCUT2D eigenvalue weighted by atomic mass is 10.2. The van der Waals surface area contributed by atoms with Crippen molar-refractivity contribution in [3.8, 4) is 5.75 Å². The van der Waals surface area contributed by atoms with Crippen molar-refractivity contribution in [2.24, 2.45) is 0 Å². The number of para-hydroxylation sites is 1. The molecule has 0 atom stereocenters. The molecule has 128 valence electrons. The van der Waals surface area contributed by atoms with Gasteiger partial charge in [-0.1, -0.05) is 30.3 Å². The molecule has 0 aliphatic heterocycles. The Bertz CT molecular complexity index is 901. The smallest absolute Gasteiger partial charge is 0.340 e. The van der Waals surface area contributed by atoms with Gasteiger partial charge in [0.25, 0.3) is 5.91 Å². The van der Waals surface area contributed by atoms with Crippen LogP contribution in [-0.4, -0.2) is 30.6 Å². The monoisotopic (exact) mass is 338 g/mol. The van der Waals surface area contributed by atoms with E-state index in [0.717, 1.165) is 22.2 Å². The fraction of sp³-hybridized carbons (Fsp3) is 0.158. The molecule has 1 amide bonds. The number of aromatic nitrogens is 1. The summed E-state index contributed by atoms with van der Waals surface area (Å²) in [4.78, 5) is 27.0. The highest BCUT2D eigenvalue weighted by Gasteiger charge is 2.14. The van der Waals surface area contributed by atoms with Crippen molar-refractivity contribution in [2.45, 2.75) is 6.54 Å². The second-order valence-corrected chi connectivity index (χ2v) is 5.45. The first kappa shape index (κ1) is 16.6. The number of fused-ring (bicyclic) bond motifs is 1. The number of esters is 1. The molecule has 6 nitrogen and oxygen atoms in total. The number of H-pyrrole nitrogens is 1. The molecule has 0 radical (unpaired) electrons. The van der Waals surface area contributed by atoms with E-state index in [-0.39, 0.29) is 12.5 Å². The molecule has 25 heavy (non-hydrogen) atoms. The Labute approximate surface area is 144 Å². The van der Waals surface area contributed by atoms with E-state index < -0.39 is 5.97 Å². The van der Waals surface area contributed by atoms with Crippen LogP contribution in [0.2, 0.25) is 0 Å². The first-order valence-electron chi connectivity index (χ1n) is 7.80. The van der Waals surface area contributed by atoms with Gasteiger partial charge in [0.15, 0.2) is 6.61 Å². The number of rotatable bonds is 6. The van der Waals surface area contributed by atoms with Crippen molar-refractivity contribution in [1.82, 2.24) is 10.3 Å². The fourth-order valence-electron chi connectivity index (χ4n) is 2.48. The molecule has 3 rings (SSSR count). The lowest BCUT2D eigenvalue weighted by molar-refractivity contribution is -0.124. The minimum absolute atomic E-state index is 0.331. The number of nitrogens with one attached hydrogen (secondary N) is 2. The van der Waals surface area contributed by atoms with Gasteiger partial charge in [0.05, 0.1) is 12.7 Å². The van der Waals surface area contributed by atoms with Crippen LogP contribution in [0, 0.1) is 0 Å². The number of hydrogen-bond acceptors (Lipinski definition) is 4. The van der Waals surface area contributed by atoms with E-state index in [9.17, 15) is 9.59 Å². The van der Waals surface area contributed by atoms with Crippen LogP contribution in [0.15, 0.2) is 54.7 Å². The van der Waals surface area contributed by atoms with Gasteiger partial charge in [0.1, 0.15) is 5.75 Å². The van der Waals surface area contributed by atoms with Crippen LogP contribution in [0.1, 0.15) is 15.9 Å². The number of methoxy groups -OCH3 is 1. The lowest BCUT2D eigenvalue weighted by Gasteiger charge is -2.07. The molecule has 1 heterocycles. The summed E-state index contributed by atoms with van der Waals surface area (Å²) in [6, 6.07) is 14.8. The summed E-state index contributed by atoms with van der Waals surface area (Å²) in [5.41, 5.74) is 2.16. The first-order chi connectivity index (χ1) is 12.2. The second kappa shape index (κ2) is 7.53. The SMILES string of the molecule is COc1cccc(CNC(=O)COC(=O)c2c[nH]c3ccccc23)c1. The Morgan fingerprint density at radius 2 is 1.96 bits per heavy atom. The lowest BCUT2D eigenvalue weighted by Crippen LogP contribution is -2.28. The number of ether oxygens (including phenoxy) is 2. The van der Waals surface area contributed by atoms with E-state index >= 15 is 0 Å². The number of carbonyl (C=O) groups excluding carboxylic acids is 2. The molecule has 2 N–H and O–H groups in total. The number of amides is 1. The molecule has 0 aliphatic rings. The van der Waals surface area contributed by atoms with Crippen molar-refractivity contribution in [2.75, 3.05) is 13.7 Å². The first-order valence-corrected chi connectivity index (χ1v) is 7.80. The van der Waals surface area contributed by atoms with Crippen molar-refractivity contribution < 1.29 is 19.1 Å². The van der Waals surface area contributed by atoms with E-state index in [1.165, 1.54) is 0 Å². The summed E-state index contributed by atoms with van der Waals surface area (Å²) >= 11 is 0. The molecule has 0 saturated carbocycles. The Morgan fingerprint density at radius 1 is 1.12 bits per heavy atom. The van der Waals surface area contributed by atoms with Gasteiger partial charge < -0.3 is 19.8 Å². The van der Waals surface area contributed by atoms with Gasteiger partial charge in [0, 0.05) is 23.6 Å². The van der Waals surface area contributed by atoms with E-state index in [1.54, 1.807) is 13.3 Å². The summed E-state index contributed by atoms with van der Waals surface area (Å²) < 4.78 is 10.2. The Morgan fingerprint density at radius 3 is 2.80 bits per heavy atom. The van der Waals surface area contributed by atoms with Gasteiger partial charge in [-0.25, -0.2) is 4.79 Å². The van der Waals surface area contributed by atoms with E-state index in [4.69, 9.17) is 9.47 Å². The molecule has 1 aromatic heterocycles. The minimum atomic E-state index is -0.533. The highest BCUT2D eigenvalue weighted by molar-refractivity contribution is 6.04. The molecule has 0 bridgehead atoms. The van der Waals surface area contributed by atoms with Crippen molar-refractivity contribution in [1.29, 1.82) is 0 Å². The fourth-order valence-corrected chi connectivity index (χ4v) is 2.48. The standard InChI is InChI=1S/C19H18N2O4/c1-24-14-6-4-5-13(9-14)10-21-18(22)12-25-19(23)16-11-20-17-8-3-2-7-15(16)17/h2-9,11,20H,10,12H2,1H3,(H,21,22). The molecular formula is C19H18N2O4. The van der Waals surface area contributed by atoms with Crippen LogP contribution in [0.25, 0.3) is 10.9 Å². The van der Waals surface area contributed by atoms with Crippen LogP contribution in [0.3, 0.4) is 0 Å². The summed E-state index contributed by atoms with van der Waals surface area (Å²) in [6.07, 6.45) is 1.58. The Balaban J connectivity index is 1.52. The normalized spacial score (nSPS) is 10.4. The quantitative estimate of drug-likeness (QED) is 0.677. The summed E-state index contributed by atoms with van der Waals surface area (Å²) in [7, 11) is 1.59. The number of carbonyl (C=O) groups is 2. The largest absolute Gasteiger partial charge is 0.497 e. The van der Waals surface area contributed by atoms with Crippen molar-refractivity contribution >= 4 is 22.8 Å². The van der Waals surface area contributed by atoms with Gasteiger partial charge >= 0.3 is 5.97 Å². The van der Waals surface area contributed by atoms with Crippen LogP contribution in [0.4, 0.5) is 0 Å². The molecule has 0 unspecified atom stereocenters. The van der Waals surface area contributed by atoms with Crippen LogP contribution < -0.4 is 10.1 Å². The van der Waals surface area contributed by atoms with Gasteiger partial charge in [0.2, 0.25) is 0 Å². The average Bonchev–Trinajstić information content (AvgIpc) is 3.09. The van der Waals surface area contributed by atoms with Crippen molar-refractivity contribution in [3.05, 3.63) is 65.9 Å². The maximum atomic E-state index is 12.1. The predicted octanol–water partition coefficient (Wildman–Crippen LogP) is 2.65. The van der Waals surface area contributed by atoms with E-state index in [2.05, 4.69) is 10.3 Å². The third-order valence-electron chi connectivity index (χ3n) is 3.77. The molecule has 0 saturated heterocycles. The van der Waals surface area contributed by atoms with Gasteiger partial charge in [-0.2, -0.15) is 0 Å². The summed E-state index contributed by atoms with van der Waals surface area (Å²) in [6.45, 7) is 0.00295.